The van der Waals surface area contributed by atoms with Crippen LogP contribution in [0.3, 0.4) is 0 Å². The van der Waals surface area contributed by atoms with Gasteiger partial charge in [0.25, 0.3) is 5.69 Å². The van der Waals surface area contributed by atoms with Crippen molar-refractivity contribution in [3.05, 3.63) is 39.9 Å². The number of carbonyl (C=O) groups is 1. The first-order valence-corrected chi connectivity index (χ1v) is 5.39. The Morgan fingerprint density at radius 1 is 1.35 bits per heavy atom. The molecule has 0 spiro atoms. The lowest BCUT2D eigenvalue weighted by atomic mass is 10.1. The van der Waals surface area contributed by atoms with E-state index >= 15 is 0 Å². The number of nitrogens with two attached hydrogens (primary N) is 1. The summed E-state index contributed by atoms with van der Waals surface area (Å²) in [6.07, 6.45) is -0.324. The molecule has 20 heavy (non-hydrogen) atoms. The molecule has 0 aliphatic carbocycles. The largest absolute Gasteiger partial charge is 0.391 e. The fraction of sp³-hybridized carbons (Fsp3) is 0.364. The molecule has 0 saturated carbocycles. The van der Waals surface area contributed by atoms with E-state index in [1.54, 1.807) is 12.1 Å². The molecule has 0 aliphatic rings. The van der Waals surface area contributed by atoms with Crippen molar-refractivity contribution in [3.8, 4) is 0 Å². The van der Waals surface area contributed by atoms with Crippen molar-refractivity contribution in [2.24, 2.45) is 5.73 Å². The predicted octanol–water partition coefficient (Wildman–Crippen LogP) is 0.417. The topological polar surface area (TPSA) is 118 Å². The first kappa shape index (κ1) is 20.9. The number of non-ortho nitro benzene ring substituents is 1. The Bertz CT molecular complexity index is 428. The lowest BCUT2D eigenvalue weighted by Gasteiger charge is -2.10. The normalized spacial score (nSPS) is 10.8. The van der Waals surface area contributed by atoms with E-state index in [1.165, 1.54) is 12.1 Å². The number of halogens is 2. The molecule has 0 heterocycles. The average Bonchev–Trinajstić information content (AvgIpc) is 2.29. The number of amides is 1. The molecule has 1 aromatic carbocycles. The van der Waals surface area contributed by atoms with E-state index in [2.05, 4.69) is 5.32 Å². The predicted molar refractivity (Wildman–Crippen MR) is 79.4 cm³/mol. The van der Waals surface area contributed by atoms with Crippen LogP contribution in [0, 0.1) is 10.1 Å². The van der Waals surface area contributed by atoms with Gasteiger partial charge in [-0.05, 0) is 12.0 Å². The summed E-state index contributed by atoms with van der Waals surface area (Å²) in [5.41, 5.74) is 5.73. The van der Waals surface area contributed by atoms with Crippen LogP contribution >= 0.6 is 24.8 Å². The highest BCUT2D eigenvalue weighted by Gasteiger charge is 2.08. The van der Waals surface area contributed by atoms with E-state index in [-0.39, 0.29) is 43.6 Å². The number of aliphatic hydroxyl groups excluding tert-OH is 1. The van der Waals surface area contributed by atoms with Gasteiger partial charge >= 0.3 is 0 Å². The molecular formula is C11H17Cl2N3O4. The molecule has 114 valence electrons. The van der Waals surface area contributed by atoms with Crippen LogP contribution in [0.4, 0.5) is 5.69 Å². The van der Waals surface area contributed by atoms with Gasteiger partial charge in [-0.3, -0.25) is 14.9 Å². The monoisotopic (exact) mass is 325 g/mol. The minimum absolute atomic E-state index is 0. The maximum atomic E-state index is 10.5. The summed E-state index contributed by atoms with van der Waals surface area (Å²) in [4.78, 5) is 20.4. The van der Waals surface area contributed by atoms with Crippen LogP contribution in [0.5, 0.6) is 0 Å². The van der Waals surface area contributed by atoms with Crippen LogP contribution in [0.25, 0.3) is 0 Å². The quantitative estimate of drug-likeness (QED) is 0.495. The van der Waals surface area contributed by atoms with Crippen LogP contribution in [0.1, 0.15) is 5.56 Å². The van der Waals surface area contributed by atoms with E-state index in [4.69, 9.17) is 5.73 Å². The second kappa shape index (κ2) is 10.4. The number of nitro groups is 1. The molecule has 0 aliphatic heterocycles. The molecule has 1 amide bonds. The van der Waals surface area contributed by atoms with Gasteiger partial charge in [0.15, 0.2) is 0 Å². The highest BCUT2D eigenvalue weighted by molar-refractivity contribution is 5.85. The van der Waals surface area contributed by atoms with Gasteiger partial charge < -0.3 is 16.2 Å². The number of nitrogens with zero attached hydrogens (tertiary/aromatic N) is 1. The lowest BCUT2D eigenvalue weighted by molar-refractivity contribution is -0.384. The van der Waals surface area contributed by atoms with Gasteiger partial charge in [-0.15, -0.1) is 24.8 Å². The van der Waals surface area contributed by atoms with Crippen molar-refractivity contribution >= 4 is 36.4 Å². The number of carbonyl (C=O) groups excluding carboxylic acids is 1. The summed E-state index contributed by atoms with van der Waals surface area (Å²) in [6, 6.07) is 5.96. The molecule has 4 N–H and O–H groups in total. The number of rotatable bonds is 7. The van der Waals surface area contributed by atoms with Crippen molar-refractivity contribution < 1.29 is 14.8 Å². The number of benzene rings is 1. The molecule has 0 fully saturated rings. The Balaban J connectivity index is 0. The fourth-order valence-electron chi connectivity index (χ4n) is 1.46. The maximum Gasteiger partial charge on any atom is 0.269 e. The van der Waals surface area contributed by atoms with Crippen LogP contribution in [0.2, 0.25) is 0 Å². The van der Waals surface area contributed by atoms with Gasteiger partial charge in [0.05, 0.1) is 17.6 Å². The van der Waals surface area contributed by atoms with Gasteiger partial charge in [0.1, 0.15) is 0 Å². The molecule has 9 heteroatoms. The molecule has 1 unspecified atom stereocenters. The molecule has 1 rings (SSSR count). The third-order valence-corrected chi connectivity index (χ3v) is 2.30. The number of hydrogen-bond donors (Lipinski definition) is 3. The zero-order valence-corrected chi connectivity index (χ0v) is 12.2. The van der Waals surface area contributed by atoms with E-state index in [0.29, 0.717) is 6.42 Å². The first-order chi connectivity index (χ1) is 8.49. The average molecular weight is 326 g/mol. The first-order valence-electron chi connectivity index (χ1n) is 5.39. The molecule has 0 bridgehead atoms. The van der Waals surface area contributed by atoms with Crippen molar-refractivity contribution in [1.82, 2.24) is 5.32 Å². The zero-order valence-electron chi connectivity index (χ0n) is 10.5. The summed E-state index contributed by atoms with van der Waals surface area (Å²) in [6.45, 7) is 0.247. The summed E-state index contributed by atoms with van der Waals surface area (Å²) < 4.78 is 0. The van der Waals surface area contributed by atoms with Gasteiger partial charge in [0.2, 0.25) is 5.91 Å². The van der Waals surface area contributed by atoms with Crippen molar-refractivity contribution in [3.63, 3.8) is 0 Å². The Kier molecular flexibility index (Phi) is 10.9. The number of hydrogen-bond acceptors (Lipinski definition) is 5. The van der Waals surface area contributed by atoms with Crippen molar-refractivity contribution in [2.45, 2.75) is 12.5 Å². The maximum absolute atomic E-state index is 10.5. The number of primary amides is 1. The van der Waals surface area contributed by atoms with Gasteiger partial charge in [-0.25, -0.2) is 0 Å². The highest BCUT2D eigenvalue weighted by atomic mass is 35.5. The summed E-state index contributed by atoms with van der Waals surface area (Å²) in [5, 5.41) is 22.8. The Morgan fingerprint density at radius 2 is 1.90 bits per heavy atom. The number of nitrogens with one attached hydrogen (secondary N) is 1. The van der Waals surface area contributed by atoms with Crippen LogP contribution in [-0.4, -0.2) is 35.1 Å². The van der Waals surface area contributed by atoms with Gasteiger partial charge in [-0.2, -0.15) is 0 Å². The van der Waals surface area contributed by atoms with E-state index < -0.39 is 16.9 Å². The third kappa shape index (κ3) is 7.90. The lowest BCUT2D eigenvalue weighted by Crippen LogP contribution is -2.35. The van der Waals surface area contributed by atoms with Crippen LogP contribution in [-0.2, 0) is 11.2 Å². The molecule has 1 aromatic rings. The Hall–Kier alpha value is -1.41. The fourth-order valence-corrected chi connectivity index (χ4v) is 1.46. The molecule has 0 saturated heterocycles. The summed E-state index contributed by atoms with van der Waals surface area (Å²) in [5.74, 6) is -0.488. The second-order valence-corrected chi connectivity index (χ2v) is 3.88. The summed E-state index contributed by atoms with van der Waals surface area (Å²) >= 11 is 0. The Morgan fingerprint density at radius 3 is 2.35 bits per heavy atom. The summed E-state index contributed by atoms with van der Waals surface area (Å²) in [7, 11) is 0. The van der Waals surface area contributed by atoms with E-state index in [0.717, 1.165) is 5.56 Å². The SMILES string of the molecule is Cl.Cl.NC(=O)CNCC(O)Cc1ccc([N+](=O)[O-])cc1. The minimum Gasteiger partial charge on any atom is -0.391 e. The molecule has 1 atom stereocenters. The minimum atomic E-state index is -0.675. The highest BCUT2D eigenvalue weighted by Crippen LogP contribution is 2.12. The van der Waals surface area contributed by atoms with Gasteiger partial charge in [-0.1, -0.05) is 12.1 Å². The molecule has 0 radical (unpaired) electrons. The molecular weight excluding hydrogens is 309 g/mol. The van der Waals surface area contributed by atoms with Crippen molar-refractivity contribution in [1.29, 1.82) is 0 Å². The molecule has 7 nitrogen and oxygen atoms in total. The second-order valence-electron chi connectivity index (χ2n) is 3.88. The van der Waals surface area contributed by atoms with E-state index in [1.807, 2.05) is 0 Å². The third-order valence-electron chi connectivity index (χ3n) is 2.30. The zero-order chi connectivity index (χ0) is 13.5. The van der Waals surface area contributed by atoms with E-state index in [9.17, 15) is 20.0 Å². The van der Waals surface area contributed by atoms with Crippen LogP contribution < -0.4 is 11.1 Å². The number of aliphatic hydroxyl groups is 1. The van der Waals surface area contributed by atoms with Crippen LogP contribution in [0.15, 0.2) is 24.3 Å². The van der Waals surface area contributed by atoms with Gasteiger partial charge in [0, 0.05) is 18.7 Å². The standard InChI is InChI=1S/C11H15N3O4.2ClH/c12-11(16)7-13-6-10(15)5-8-1-3-9(4-2-8)14(17)18;;/h1-4,10,13,15H,5-7H2,(H2,12,16);2*1H. The molecule has 0 aromatic heterocycles. The van der Waals surface area contributed by atoms with Crippen molar-refractivity contribution in [2.75, 3.05) is 13.1 Å². The number of nitro benzene ring substituents is 1. The Labute approximate surface area is 128 Å². The smallest absolute Gasteiger partial charge is 0.269 e.